The monoisotopic (exact) mass is 262 g/mol. The summed E-state index contributed by atoms with van der Waals surface area (Å²) in [6.45, 7) is 5.47. The van der Waals surface area contributed by atoms with Crippen molar-refractivity contribution in [1.29, 1.82) is 4.78 Å². The van der Waals surface area contributed by atoms with E-state index in [2.05, 4.69) is 5.32 Å². The number of carbonyl (C=O) groups is 1. The smallest absolute Gasteiger partial charge is 0.407 e. The van der Waals surface area contributed by atoms with Crippen LogP contribution in [0, 0.1) is 10.7 Å². The largest absolute Gasteiger partial charge is 0.444 e. The van der Waals surface area contributed by atoms with E-state index in [1.807, 2.05) is 20.8 Å². The van der Waals surface area contributed by atoms with Crippen molar-refractivity contribution in [2.24, 2.45) is 5.92 Å². The van der Waals surface area contributed by atoms with Crippen LogP contribution in [0.4, 0.5) is 4.79 Å². The average molecular weight is 262 g/mol. The molecule has 0 saturated heterocycles. The van der Waals surface area contributed by atoms with Crippen LogP contribution in [-0.2, 0) is 14.5 Å². The van der Waals surface area contributed by atoms with Crippen molar-refractivity contribution in [3.05, 3.63) is 0 Å². The topological polar surface area (TPSA) is 79.2 Å². The zero-order valence-electron chi connectivity index (χ0n) is 10.9. The number of hydrogen-bond donors (Lipinski definition) is 2. The Balaban J connectivity index is 2.24. The van der Waals surface area contributed by atoms with Crippen LogP contribution in [0.5, 0.6) is 0 Å². The molecule has 100 valence electrons. The van der Waals surface area contributed by atoms with Crippen molar-refractivity contribution in [3.63, 3.8) is 0 Å². The summed E-state index contributed by atoms with van der Waals surface area (Å²) < 4.78 is 23.7. The first-order chi connectivity index (χ1) is 7.55. The van der Waals surface area contributed by atoms with Crippen LogP contribution in [-0.4, -0.2) is 34.0 Å². The van der Waals surface area contributed by atoms with Crippen LogP contribution >= 0.6 is 0 Å². The van der Waals surface area contributed by atoms with Gasteiger partial charge in [0.25, 0.3) is 0 Å². The molecule has 6 heteroatoms. The summed E-state index contributed by atoms with van der Waals surface area (Å²) in [4.78, 5) is 11.4. The van der Waals surface area contributed by atoms with Crippen molar-refractivity contribution in [2.75, 3.05) is 12.0 Å². The lowest BCUT2D eigenvalue weighted by Gasteiger charge is -2.36. The van der Waals surface area contributed by atoms with E-state index in [1.165, 1.54) is 6.26 Å². The summed E-state index contributed by atoms with van der Waals surface area (Å²) in [5.41, 5.74) is -0.480. The second-order valence-electron chi connectivity index (χ2n) is 5.85. The van der Waals surface area contributed by atoms with Gasteiger partial charge in [0.05, 0.1) is 0 Å². The Morgan fingerprint density at radius 3 is 2.41 bits per heavy atom. The predicted octanol–water partition coefficient (Wildman–Crippen LogP) is 1.97. The first-order valence-electron chi connectivity index (χ1n) is 5.76. The summed E-state index contributed by atoms with van der Waals surface area (Å²) in [6, 6.07) is 0.108. The highest BCUT2D eigenvalue weighted by molar-refractivity contribution is 7.91. The molecule has 0 aromatic rings. The highest BCUT2D eigenvalue weighted by Gasteiger charge is 2.32. The first-order valence-corrected chi connectivity index (χ1v) is 7.90. The van der Waals surface area contributed by atoms with Gasteiger partial charge in [-0.1, -0.05) is 0 Å². The summed E-state index contributed by atoms with van der Waals surface area (Å²) in [6.07, 6.45) is 2.65. The molecule has 1 fully saturated rings. The molecule has 0 aliphatic heterocycles. The molecule has 2 N–H and O–H groups in total. The molecule has 17 heavy (non-hydrogen) atoms. The lowest BCUT2D eigenvalue weighted by atomic mass is 9.82. The van der Waals surface area contributed by atoms with Gasteiger partial charge in [0.2, 0.25) is 0 Å². The summed E-state index contributed by atoms with van der Waals surface area (Å²) in [5.74, 6) is 0.726. The highest BCUT2D eigenvalue weighted by Crippen LogP contribution is 2.28. The van der Waals surface area contributed by atoms with E-state index in [-0.39, 0.29) is 6.04 Å². The van der Waals surface area contributed by atoms with Crippen LogP contribution < -0.4 is 5.32 Å². The Labute approximate surface area is 103 Å². The third kappa shape index (κ3) is 5.91. The minimum Gasteiger partial charge on any atom is -0.444 e. The number of rotatable bonds is 3. The van der Waals surface area contributed by atoms with Gasteiger partial charge in [0, 0.05) is 27.8 Å². The third-order valence-electron chi connectivity index (χ3n) is 2.51. The molecule has 0 aromatic carbocycles. The Morgan fingerprint density at radius 2 is 2.00 bits per heavy atom. The van der Waals surface area contributed by atoms with E-state index in [1.54, 1.807) is 0 Å². The second kappa shape index (κ2) is 4.84. The van der Waals surface area contributed by atoms with Crippen LogP contribution in [0.25, 0.3) is 0 Å². The maximum absolute atomic E-state index is 11.4. The molecule has 1 rings (SSSR count). The number of ether oxygens (including phenoxy) is 1. The van der Waals surface area contributed by atoms with E-state index in [0.29, 0.717) is 11.7 Å². The minimum absolute atomic E-state index is 0.108. The molecule has 0 bridgehead atoms. The first kappa shape index (κ1) is 14.3. The van der Waals surface area contributed by atoms with Crippen molar-refractivity contribution in [2.45, 2.75) is 45.3 Å². The normalized spacial score (nSPS) is 27.8. The Morgan fingerprint density at radius 1 is 1.47 bits per heavy atom. The van der Waals surface area contributed by atoms with Crippen LogP contribution in [0.1, 0.15) is 33.6 Å². The standard InChI is InChI=1S/C11H22N2O3S/c1-11(2,3)16-10(14)13-9-5-8(6-9)7-17(4,12)15/h8-9,12H,5-7H2,1-4H3,(H,13,14). The van der Waals surface area contributed by atoms with Crippen LogP contribution in [0.15, 0.2) is 0 Å². The molecule has 0 spiro atoms. The van der Waals surface area contributed by atoms with Crippen molar-refractivity contribution >= 4 is 15.8 Å². The van der Waals surface area contributed by atoms with E-state index in [4.69, 9.17) is 9.52 Å². The lowest BCUT2D eigenvalue weighted by Crippen LogP contribution is -2.47. The van der Waals surface area contributed by atoms with Gasteiger partial charge in [0.1, 0.15) is 5.60 Å². The summed E-state index contributed by atoms with van der Waals surface area (Å²) in [5, 5.41) is 2.77. The number of hydrogen-bond acceptors (Lipinski definition) is 4. The molecule has 0 aromatic heterocycles. The fourth-order valence-electron chi connectivity index (χ4n) is 1.91. The van der Waals surface area contributed by atoms with Gasteiger partial charge in [0.15, 0.2) is 0 Å². The molecule has 1 atom stereocenters. The fraction of sp³-hybridized carbons (Fsp3) is 0.909. The highest BCUT2D eigenvalue weighted by atomic mass is 32.2. The number of carbonyl (C=O) groups excluding carboxylic acids is 1. The molecule has 1 saturated carbocycles. The van der Waals surface area contributed by atoms with Gasteiger partial charge in [-0.25, -0.2) is 4.79 Å². The van der Waals surface area contributed by atoms with Gasteiger partial charge >= 0.3 is 6.09 Å². The molecule has 0 heterocycles. The average Bonchev–Trinajstić information content (AvgIpc) is 1.93. The zero-order chi connectivity index (χ0) is 13.3. The van der Waals surface area contributed by atoms with Gasteiger partial charge in [-0.05, 0) is 39.5 Å². The summed E-state index contributed by atoms with van der Waals surface area (Å²) in [7, 11) is -2.41. The Hall–Kier alpha value is -0.780. The van der Waals surface area contributed by atoms with Gasteiger partial charge in [-0.2, -0.15) is 0 Å². The van der Waals surface area contributed by atoms with Gasteiger partial charge in [-0.15, -0.1) is 0 Å². The number of alkyl carbamates (subject to hydrolysis) is 1. The SMILES string of the molecule is CC(C)(C)OC(=O)NC1CC(CS(C)(=N)=O)C1. The maximum atomic E-state index is 11.4. The molecular weight excluding hydrogens is 240 g/mol. The molecule has 0 radical (unpaired) electrons. The third-order valence-corrected chi connectivity index (χ3v) is 3.62. The Kier molecular flexibility index (Phi) is 4.06. The quantitative estimate of drug-likeness (QED) is 0.816. The molecule has 1 aliphatic carbocycles. The van der Waals surface area contributed by atoms with Gasteiger partial charge in [-0.3, -0.25) is 8.99 Å². The lowest BCUT2D eigenvalue weighted by molar-refractivity contribution is 0.0459. The Bertz CT molecular complexity index is 378. The second-order valence-corrected chi connectivity index (χ2v) is 8.20. The van der Waals surface area contributed by atoms with Crippen LogP contribution in [0.3, 0.4) is 0 Å². The van der Waals surface area contributed by atoms with E-state index < -0.39 is 21.4 Å². The molecule has 1 amide bonds. The van der Waals surface area contributed by atoms with Gasteiger partial charge < -0.3 is 10.1 Å². The number of amides is 1. The van der Waals surface area contributed by atoms with Crippen molar-refractivity contribution in [1.82, 2.24) is 5.32 Å². The molecular formula is C11H22N2O3S. The molecule has 1 aliphatic rings. The van der Waals surface area contributed by atoms with E-state index >= 15 is 0 Å². The van der Waals surface area contributed by atoms with E-state index in [0.717, 1.165) is 12.8 Å². The van der Waals surface area contributed by atoms with Crippen molar-refractivity contribution < 1.29 is 13.7 Å². The summed E-state index contributed by atoms with van der Waals surface area (Å²) >= 11 is 0. The molecule has 5 nitrogen and oxygen atoms in total. The number of nitrogens with one attached hydrogen (secondary N) is 2. The maximum Gasteiger partial charge on any atom is 0.407 e. The van der Waals surface area contributed by atoms with Crippen LogP contribution in [0.2, 0.25) is 0 Å². The van der Waals surface area contributed by atoms with Crippen molar-refractivity contribution in [3.8, 4) is 0 Å². The predicted molar refractivity (Wildman–Crippen MR) is 67.5 cm³/mol. The fourth-order valence-corrected chi connectivity index (χ4v) is 3.09. The minimum atomic E-state index is -2.41. The van der Waals surface area contributed by atoms with E-state index in [9.17, 15) is 9.00 Å². The zero-order valence-corrected chi connectivity index (χ0v) is 11.7. The molecule has 1 unspecified atom stereocenters.